The highest BCUT2D eigenvalue weighted by atomic mass is 19.1. The number of nitrogens with one attached hydrogen (secondary N) is 2. The molecule has 2 atom stereocenters. The van der Waals surface area contributed by atoms with Gasteiger partial charge in [0.2, 0.25) is 0 Å². The van der Waals surface area contributed by atoms with Gasteiger partial charge in [-0.3, -0.25) is 0 Å². The van der Waals surface area contributed by atoms with Gasteiger partial charge in [0.15, 0.2) is 0 Å². The maximum Gasteiger partial charge on any atom is 0.149 e. The molecule has 0 aliphatic carbocycles. The molecule has 2 heterocycles. The summed E-state index contributed by atoms with van der Waals surface area (Å²) in [5.74, 6) is 0.823. The molecule has 15 heavy (non-hydrogen) atoms. The topological polar surface area (TPSA) is 33.3 Å². The number of rotatable bonds is 2. The molecule has 1 saturated heterocycles. The molecule has 0 aromatic carbocycles. The van der Waals surface area contributed by atoms with Gasteiger partial charge in [0, 0.05) is 19.3 Å². The zero-order valence-electron chi connectivity index (χ0n) is 8.92. The van der Waals surface area contributed by atoms with Crippen molar-refractivity contribution in [1.82, 2.24) is 10.6 Å². The van der Waals surface area contributed by atoms with Crippen LogP contribution in [0.3, 0.4) is 0 Å². The van der Waals surface area contributed by atoms with Crippen LogP contribution in [0.1, 0.15) is 13.3 Å². The Labute approximate surface area is 89.4 Å². The fourth-order valence-corrected chi connectivity index (χ4v) is 1.81. The van der Waals surface area contributed by atoms with Crippen LogP contribution in [0.5, 0.6) is 0 Å². The Balaban J connectivity index is 1.98. The first kappa shape index (κ1) is 10.5. The van der Waals surface area contributed by atoms with Crippen molar-refractivity contribution in [3.63, 3.8) is 0 Å². The zero-order chi connectivity index (χ0) is 10.7. The maximum absolute atomic E-state index is 13.5. The standard InChI is InChI=1S/C11H17FN2O/c1-8-6-13-4-2-10(8)15-11-3-5-14-7-9(11)12/h2,4,9,11,13-14H,3,5-7H2,1H3/t9-,11-/m0/s1. The molecule has 0 aromatic rings. The number of halogens is 1. The third-order valence-corrected chi connectivity index (χ3v) is 2.77. The molecular formula is C11H17FN2O. The van der Waals surface area contributed by atoms with Crippen molar-refractivity contribution in [3.05, 3.63) is 23.6 Å². The van der Waals surface area contributed by atoms with E-state index < -0.39 is 6.17 Å². The fourth-order valence-electron chi connectivity index (χ4n) is 1.81. The van der Waals surface area contributed by atoms with E-state index in [4.69, 9.17) is 4.74 Å². The van der Waals surface area contributed by atoms with E-state index in [-0.39, 0.29) is 6.10 Å². The molecular weight excluding hydrogens is 195 g/mol. The minimum absolute atomic E-state index is 0.293. The van der Waals surface area contributed by atoms with Crippen LogP contribution in [-0.4, -0.2) is 31.9 Å². The number of allylic oxidation sites excluding steroid dienone is 1. The molecule has 0 bridgehead atoms. The van der Waals surface area contributed by atoms with Gasteiger partial charge in [-0.1, -0.05) is 0 Å². The SMILES string of the molecule is CC1=C(O[C@H]2CCNC[C@@H]2F)C=CNC1. The highest BCUT2D eigenvalue weighted by Gasteiger charge is 2.27. The normalized spacial score (nSPS) is 31.3. The van der Waals surface area contributed by atoms with Crippen LogP contribution in [0.25, 0.3) is 0 Å². The van der Waals surface area contributed by atoms with Crippen LogP contribution in [0, 0.1) is 0 Å². The van der Waals surface area contributed by atoms with E-state index in [0.717, 1.165) is 30.8 Å². The minimum Gasteiger partial charge on any atom is -0.487 e. The predicted molar refractivity (Wildman–Crippen MR) is 57.1 cm³/mol. The second-order valence-electron chi connectivity index (χ2n) is 4.02. The van der Waals surface area contributed by atoms with E-state index in [2.05, 4.69) is 10.6 Å². The number of hydrogen-bond donors (Lipinski definition) is 2. The number of hydrogen-bond acceptors (Lipinski definition) is 3. The van der Waals surface area contributed by atoms with Gasteiger partial charge in [-0.05, 0) is 31.5 Å². The number of ether oxygens (including phenoxy) is 1. The molecule has 2 rings (SSSR count). The second-order valence-corrected chi connectivity index (χ2v) is 4.02. The monoisotopic (exact) mass is 212 g/mol. The second kappa shape index (κ2) is 4.66. The van der Waals surface area contributed by atoms with Crippen LogP contribution in [0.2, 0.25) is 0 Å². The summed E-state index contributed by atoms with van der Waals surface area (Å²) in [5.41, 5.74) is 1.13. The van der Waals surface area contributed by atoms with E-state index in [1.807, 2.05) is 19.2 Å². The zero-order valence-corrected chi connectivity index (χ0v) is 8.92. The molecule has 2 aliphatic heterocycles. The van der Waals surface area contributed by atoms with E-state index in [0.29, 0.717) is 6.54 Å². The summed E-state index contributed by atoms with van der Waals surface area (Å²) >= 11 is 0. The lowest BCUT2D eigenvalue weighted by Gasteiger charge is -2.29. The number of dihydropyridines is 1. The van der Waals surface area contributed by atoms with E-state index >= 15 is 0 Å². The summed E-state index contributed by atoms with van der Waals surface area (Å²) in [7, 11) is 0. The van der Waals surface area contributed by atoms with Crippen molar-refractivity contribution >= 4 is 0 Å². The van der Waals surface area contributed by atoms with E-state index in [1.165, 1.54) is 0 Å². The average Bonchev–Trinajstić information content (AvgIpc) is 2.24. The Morgan fingerprint density at radius 2 is 2.40 bits per heavy atom. The van der Waals surface area contributed by atoms with Crippen LogP contribution in [-0.2, 0) is 4.74 Å². The molecule has 3 nitrogen and oxygen atoms in total. The van der Waals surface area contributed by atoms with Gasteiger partial charge in [-0.25, -0.2) is 4.39 Å². The Morgan fingerprint density at radius 1 is 1.53 bits per heavy atom. The molecule has 0 spiro atoms. The lowest BCUT2D eigenvalue weighted by atomic mass is 10.1. The number of piperidine rings is 1. The van der Waals surface area contributed by atoms with Crippen LogP contribution in [0.4, 0.5) is 4.39 Å². The van der Waals surface area contributed by atoms with Gasteiger partial charge in [0.25, 0.3) is 0 Å². The molecule has 84 valence electrons. The summed E-state index contributed by atoms with van der Waals surface area (Å²) in [6.45, 7) is 4.02. The molecule has 2 N–H and O–H groups in total. The van der Waals surface area contributed by atoms with Crippen molar-refractivity contribution in [2.45, 2.75) is 25.6 Å². The molecule has 1 fully saturated rings. The summed E-state index contributed by atoms with van der Waals surface area (Å²) < 4.78 is 19.2. The van der Waals surface area contributed by atoms with Crippen molar-refractivity contribution in [2.75, 3.05) is 19.6 Å². The van der Waals surface area contributed by atoms with Crippen LogP contribution < -0.4 is 10.6 Å². The molecule has 0 unspecified atom stereocenters. The van der Waals surface area contributed by atoms with E-state index in [1.54, 1.807) is 0 Å². The fraction of sp³-hybridized carbons (Fsp3) is 0.636. The lowest BCUT2D eigenvalue weighted by molar-refractivity contribution is 0.0257. The molecule has 0 radical (unpaired) electrons. The largest absolute Gasteiger partial charge is 0.487 e. The molecule has 0 aromatic heterocycles. The van der Waals surface area contributed by atoms with Gasteiger partial charge >= 0.3 is 0 Å². The van der Waals surface area contributed by atoms with Gasteiger partial charge in [0.05, 0.1) is 0 Å². The molecule has 4 heteroatoms. The van der Waals surface area contributed by atoms with Crippen molar-refractivity contribution < 1.29 is 9.13 Å². The average molecular weight is 212 g/mol. The smallest absolute Gasteiger partial charge is 0.149 e. The van der Waals surface area contributed by atoms with Crippen molar-refractivity contribution in [1.29, 1.82) is 0 Å². The summed E-state index contributed by atoms with van der Waals surface area (Å²) in [6, 6.07) is 0. The molecule has 2 aliphatic rings. The number of alkyl halides is 1. The van der Waals surface area contributed by atoms with Gasteiger partial charge in [0.1, 0.15) is 18.0 Å². The Morgan fingerprint density at radius 3 is 3.13 bits per heavy atom. The van der Waals surface area contributed by atoms with Gasteiger partial charge in [-0.2, -0.15) is 0 Å². The Bertz CT molecular complexity index is 288. The molecule has 0 saturated carbocycles. The van der Waals surface area contributed by atoms with E-state index in [9.17, 15) is 4.39 Å². The Hall–Kier alpha value is -1.03. The predicted octanol–water partition coefficient (Wildman–Crippen LogP) is 1.09. The van der Waals surface area contributed by atoms with Crippen molar-refractivity contribution in [3.8, 4) is 0 Å². The quantitative estimate of drug-likeness (QED) is 0.719. The van der Waals surface area contributed by atoms with Crippen LogP contribution in [0.15, 0.2) is 23.6 Å². The third kappa shape index (κ3) is 2.50. The summed E-state index contributed by atoms with van der Waals surface area (Å²) in [4.78, 5) is 0. The highest BCUT2D eigenvalue weighted by Crippen LogP contribution is 2.19. The first-order valence-corrected chi connectivity index (χ1v) is 5.38. The van der Waals surface area contributed by atoms with Crippen LogP contribution >= 0.6 is 0 Å². The third-order valence-electron chi connectivity index (χ3n) is 2.77. The molecule has 0 amide bonds. The van der Waals surface area contributed by atoms with Crippen molar-refractivity contribution in [2.24, 2.45) is 0 Å². The highest BCUT2D eigenvalue weighted by molar-refractivity contribution is 5.23. The summed E-state index contributed by atoms with van der Waals surface area (Å²) in [6.07, 6.45) is 3.25. The Kier molecular flexibility index (Phi) is 3.26. The summed E-state index contributed by atoms with van der Waals surface area (Å²) in [5, 5.41) is 6.10. The minimum atomic E-state index is -0.901. The lowest BCUT2D eigenvalue weighted by Crippen LogP contribution is -2.42. The maximum atomic E-state index is 13.5. The first-order valence-electron chi connectivity index (χ1n) is 5.38. The van der Waals surface area contributed by atoms with Gasteiger partial charge < -0.3 is 15.4 Å². The van der Waals surface area contributed by atoms with Gasteiger partial charge in [-0.15, -0.1) is 0 Å². The first-order chi connectivity index (χ1) is 7.27.